The van der Waals surface area contributed by atoms with Crippen molar-refractivity contribution in [2.75, 3.05) is 17.2 Å². The second-order valence-corrected chi connectivity index (χ2v) is 12.9. The molecule has 308 valence electrons. The third-order valence-corrected chi connectivity index (χ3v) is 8.67. The van der Waals surface area contributed by atoms with E-state index in [1.807, 2.05) is 19.1 Å². The molecule has 2 aromatic carbocycles. The summed E-state index contributed by atoms with van der Waals surface area (Å²) in [5.74, 6) is 0.308. The predicted octanol–water partition coefficient (Wildman–Crippen LogP) is 6.44. The van der Waals surface area contributed by atoms with Crippen LogP contribution in [-0.4, -0.2) is 84.5 Å². The first-order valence-electron chi connectivity index (χ1n) is 18.0. The molecule has 8 rings (SSSR count). The number of aliphatic imine (C=N–C) groups is 1. The van der Waals surface area contributed by atoms with Gasteiger partial charge in [0, 0.05) is 67.7 Å². The third-order valence-electron chi connectivity index (χ3n) is 8.67. The minimum absolute atomic E-state index is 0.110. The molecule has 6 heterocycles. The molecule has 0 aliphatic carbocycles. The van der Waals surface area contributed by atoms with Crippen LogP contribution in [0.3, 0.4) is 0 Å². The molecule has 0 radical (unpaired) electrons. The molecule has 0 atom stereocenters. The number of hydrogen-bond acceptors (Lipinski definition) is 16. The number of carbonyl (C=O) groups excluding carboxylic acids is 2. The summed E-state index contributed by atoms with van der Waals surface area (Å²) in [5.41, 5.74) is 3.63. The number of halogens is 1. The first kappa shape index (κ1) is 41.9. The van der Waals surface area contributed by atoms with Crippen LogP contribution in [0.4, 0.5) is 39.0 Å². The van der Waals surface area contributed by atoms with Crippen LogP contribution >= 0.6 is 0 Å². The number of nitrogens with one attached hydrogen (secondary N) is 2. The van der Waals surface area contributed by atoms with Gasteiger partial charge in [-0.05, 0) is 63.1 Å². The van der Waals surface area contributed by atoms with E-state index in [1.54, 1.807) is 69.8 Å². The smallest absolute Gasteiger partial charge is 0.306 e. The Morgan fingerprint density at radius 1 is 0.738 bits per heavy atom. The Morgan fingerprint density at radius 2 is 1.28 bits per heavy atom. The first-order chi connectivity index (χ1) is 29.3. The minimum atomic E-state index is -0.916. The fourth-order valence-corrected chi connectivity index (χ4v) is 5.52. The summed E-state index contributed by atoms with van der Waals surface area (Å²) in [5, 5.41) is 40.9. The van der Waals surface area contributed by atoms with E-state index in [0.717, 1.165) is 30.5 Å². The van der Waals surface area contributed by atoms with Crippen LogP contribution in [0.15, 0.2) is 96.8 Å². The molecule has 1 aliphatic heterocycles. The van der Waals surface area contributed by atoms with E-state index in [-0.39, 0.29) is 17.6 Å². The van der Waals surface area contributed by atoms with E-state index in [1.165, 1.54) is 38.7 Å². The molecule has 2 N–H and O–H groups in total. The first-order valence-corrected chi connectivity index (χ1v) is 18.0. The highest BCUT2D eigenvalue weighted by atomic mass is 19.1. The van der Waals surface area contributed by atoms with Gasteiger partial charge in [0.05, 0.1) is 50.3 Å². The van der Waals surface area contributed by atoms with Gasteiger partial charge in [-0.1, -0.05) is 6.08 Å². The third kappa shape index (κ3) is 10.1. The number of hydrogen-bond donors (Lipinski definition) is 2. The molecule has 0 saturated carbocycles. The standard InChI is InChI=1S/C19H16N8O3.C16H13FN6O3.C4H5N/c1-12-8-16(25-7-3-5-21-25)17(27(29)30)9-15(12)22-19-20-6-4-18(23-19)26-10-14(11-28)13(2)24-26;1-9-5-12(17)14(23(25)26)6-13(9)19-16-18-4-3-15(20-16)22-7-11(8-24)10(2)21-22;1-2-4-5-3-1/h3-11H,1-2H3,(H,20,22,23);3-8H,1-2H3,(H,18,19,20);1-3H,4H2. The maximum atomic E-state index is 13.6. The van der Waals surface area contributed by atoms with Gasteiger partial charge >= 0.3 is 5.69 Å². The number of aldehydes is 2. The summed E-state index contributed by atoms with van der Waals surface area (Å²) < 4.78 is 18.0. The normalized spacial score (nSPS) is 11.2. The Morgan fingerprint density at radius 3 is 1.70 bits per heavy atom. The molecule has 0 amide bonds. The number of nitro groups is 2. The van der Waals surface area contributed by atoms with Crippen molar-refractivity contribution in [3.63, 3.8) is 0 Å². The van der Waals surface area contributed by atoms with Crippen molar-refractivity contribution in [3.05, 3.63) is 151 Å². The molecule has 5 aromatic heterocycles. The lowest BCUT2D eigenvalue weighted by Gasteiger charge is -2.11. The lowest BCUT2D eigenvalue weighted by Crippen LogP contribution is -2.06. The molecule has 61 heavy (non-hydrogen) atoms. The van der Waals surface area contributed by atoms with Crippen LogP contribution in [0, 0.1) is 53.7 Å². The quantitative estimate of drug-likeness (QED) is 0.0807. The van der Waals surface area contributed by atoms with Gasteiger partial charge < -0.3 is 10.6 Å². The Labute approximate surface area is 344 Å². The molecule has 0 spiro atoms. The van der Waals surface area contributed by atoms with E-state index < -0.39 is 21.4 Å². The highest BCUT2D eigenvalue weighted by Crippen LogP contribution is 2.31. The van der Waals surface area contributed by atoms with E-state index in [0.29, 0.717) is 63.1 Å². The Balaban J connectivity index is 0.000000184. The summed E-state index contributed by atoms with van der Waals surface area (Å²) in [4.78, 5) is 64.0. The fraction of sp³-hybridized carbons (Fsp3) is 0.128. The number of allylic oxidation sites excluding steroid dienone is 1. The van der Waals surface area contributed by atoms with Gasteiger partial charge in [0.2, 0.25) is 17.7 Å². The van der Waals surface area contributed by atoms with Crippen LogP contribution < -0.4 is 10.6 Å². The van der Waals surface area contributed by atoms with Gasteiger partial charge in [-0.3, -0.25) is 34.8 Å². The molecule has 0 fully saturated rings. The highest BCUT2D eigenvalue weighted by Gasteiger charge is 2.20. The average molecular weight is 828 g/mol. The zero-order chi connectivity index (χ0) is 43.6. The fourth-order valence-electron chi connectivity index (χ4n) is 5.52. The molecule has 22 heteroatoms. The summed E-state index contributed by atoms with van der Waals surface area (Å²) in [6.45, 7) is 7.73. The van der Waals surface area contributed by atoms with Crippen molar-refractivity contribution in [2.24, 2.45) is 4.99 Å². The van der Waals surface area contributed by atoms with Crippen molar-refractivity contribution in [2.45, 2.75) is 27.7 Å². The maximum Gasteiger partial charge on any atom is 0.306 e. The number of aryl methyl sites for hydroxylation is 4. The van der Waals surface area contributed by atoms with Crippen LogP contribution in [0.1, 0.15) is 43.2 Å². The van der Waals surface area contributed by atoms with Crippen LogP contribution in [0.25, 0.3) is 17.3 Å². The molecular formula is C39H34FN15O6. The van der Waals surface area contributed by atoms with E-state index in [2.05, 4.69) is 50.9 Å². The molecule has 0 bridgehead atoms. The summed E-state index contributed by atoms with van der Waals surface area (Å²) in [6.07, 6.45) is 16.5. The second-order valence-electron chi connectivity index (χ2n) is 12.9. The maximum absolute atomic E-state index is 13.6. The van der Waals surface area contributed by atoms with Crippen LogP contribution in [0.5, 0.6) is 0 Å². The van der Waals surface area contributed by atoms with Crippen molar-refractivity contribution >= 4 is 53.4 Å². The van der Waals surface area contributed by atoms with E-state index in [9.17, 15) is 34.2 Å². The number of benzene rings is 2. The van der Waals surface area contributed by atoms with Crippen molar-refractivity contribution in [1.29, 1.82) is 0 Å². The number of anilines is 4. The number of rotatable bonds is 11. The van der Waals surface area contributed by atoms with Gasteiger partial charge in [0.25, 0.3) is 5.69 Å². The SMILES string of the molecule is C1=CCN=C1.Cc1cc(-n2cccn2)c([N+](=O)[O-])cc1Nc1nccc(-n2cc(C=O)c(C)n2)n1.Cc1cc(F)c([N+](=O)[O-])cc1Nc1nccc(-n2cc(C=O)c(C)n2)n1. The van der Waals surface area contributed by atoms with Crippen LogP contribution in [0.2, 0.25) is 0 Å². The summed E-state index contributed by atoms with van der Waals surface area (Å²) in [7, 11) is 0. The zero-order valence-corrected chi connectivity index (χ0v) is 32.7. The van der Waals surface area contributed by atoms with Gasteiger partial charge in [0.15, 0.2) is 24.2 Å². The van der Waals surface area contributed by atoms with Crippen molar-refractivity contribution in [1.82, 2.24) is 49.3 Å². The molecule has 0 saturated heterocycles. The molecule has 1 aliphatic rings. The number of nitrogens with zero attached hydrogens (tertiary/aromatic N) is 13. The van der Waals surface area contributed by atoms with E-state index >= 15 is 0 Å². The highest BCUT2D eigenvalue weighted by molar-refractivity contribution is 5.76. The predicted molar refractivity (Wildman–Crippen MR) is 220 cm³/mol. The largest absolute Gasteiger partial charge is 0.324 e. The monoisotopic (exact) mass is 827 g/mol. The minimum Gasteiger partial charge on any atom is -0.324 e. The average Bonchev–Trinajstić information content (AvgIpc) is 4.09. The Hall–Kier alpha value is -8.69. The van der Waals surface area contributed by atoms with Crippen LogP contribution in [-0.2, 0) is 0 Å². The van der Waals surface area contributed by atoms with Gasteiger partial charge in [-0.25, -0.2) is 24.0 Å². The lowest BCUT2D eigenvalue weighted by molar-refractivity contribution is -0.387. The van der Waals surface area contributed by atoms with Crippen molar-refractivity contribution in [3.8, 4) is 17.3 Å². The molecular weight excluding hydrogens is 794 g/mol. The Bertz CT molecular complexity index is 2810. The lowest BCUT2D eigenvalue weighted by atomic mass is 10.1. The van der Waals surface area contributed by atoms with Crippen molar-refractivity contribution < 1.29 is 23.8 Å². The number of aromatic nitrogens is 10. The topological polar surface area (TPSA) is 262 Å². The second kappa shape index (κ2) is 18.7. The molecule has 7 aromatic rings. The Kier molecular flexibility index (Phi) is 12.9. The summed E-state index contributed by atoms with van der Waals surface area (Å²) >= 11 is 0. The molecule has 0 unspecified atom stereocenters. The van der Waals surface area contributed by atoms with Gasteiger partial charge in [-0.2, -0.15) is 29.7 Å². The summed E-state index contributed by atoms with van der Waals surface area (Å²) in [6, 6.07) is 10.2. The number of carbonyl (C=O) groups is 2. The van der Waals surface area contributed by atoms with E-state index in [4.69, 9.17) is 0 Å². The molecule has 21 nitrogen and oxygen atoms in total. The zero-order valence-electron chi connectivity index (χ0n) is 32.7. The van der Waals surface area contributed by atoms with Gasteiger partial charge in [-0.15, -0.1) is 0 Å². The number of nitro benzene ring substituents is 2. The van der Waals surface area contributed by atoms with Gasteiger partial charge in [0.1, 0.15) is 5.69 Å².